The Balaban J connectivity index is 2.12. The summed E-state index contributed by atoms with van der Waals surface area (Å²) < 4.78 is 0. The first-order valence-electron chi connectivity index (χ1n) is 7.05. The Kier molecular flexibility index (Phi) is 4.80. The first-order chi connectivity index (χ1) is 9.90. The highest BCUT2D eigenvalue weighted by Gasteiger charge is 2.24. The van der Waals surface area contributed by atoms with Gasteiger partial charge in [0.05, 0.1) is 6.04 Å². The third-order valence-electron chi connectivity index (χ3n) is 3.80. The highest BCUT2D eigenvalue weighted by Crippen LogP contribution is 2.28. The van der Waals surface area contributed by atoms with Crippen LogP contribution in [-0.4, -0.2) is 17.9 Å². The fraction of sp³-hybridized carbons (Fsp3) is 0.353. The maximum absolute atomic E-state index is 12.6. The van der Waals surface area contributed by atoms with Gasteiger partial charge < -0.3 is 10.6 Å². The molecule has 2 N–H and O–H groups in total. The summed E-state index contributed by atoms with van der Waals surface area (Å²) in [6, 6.07) is 11.4. The summed E-state index contributed by atoms with van der Waals surface area (Å²) in [5.41, 5.74) is 8.14. The maximum atomic E-state index is 12.6. The lowest BCUT2D eigenvalue weighted by Gasteiger charge is -2.27. The molecule has 1 aromatic carbocycles. The van der Waals surface area contributed by atoms with E-state index < -0.39 is 6.04 Å². The van der Waals surface area contributed by atoms with E-state index in [9.17, 15) is 4.79 Å². The molecular weight excluding hydrogens is 280 g/mol. The van der Waals surface area contributed by atoms with Crippen molar-refractivity contribution in [2.75, 3.05) is 7.05 Å². The van der Waals surface area contributed by atoms with Gasteiger partial charge in [-0.25, -0.2) is 0 Å². The molecule has 2 unspecified atom stereocenters. The van der Waals surface area contributed by atoms with Gasteiger partial charge in [0.2, 0.25) is 5.91 Å². The molecule has 2 atom stereocenters. The van der Waals surface area contributed by atoms with E-state index in [0.29, 0.717) is 0 Å². The Labute approximate surface area is 130 Å². The van der Waals surface area contributed by atoms with Gasteiger partial charge in [-0.1, -0.05) is 29.8 Å². The van der Waals surface area contributed by atoms with Crippen molar-refractivity contribution in [2.24, 2.45) is 5.73 Å². The molecule has 3 nitrogen and oxygen atoms in total. The molecule has 21 heavy (non-hydrogen) atoms. The van der Waals surface area contributed by atoms with Crippen LogP contribution in [0.2, 0.25) is 0 Å². The van der Waals surface area contributed by atoms with Crippen LogP contribution in [0.15, 0.2) is 36.4 Å². The van der Waals surface area contributed by atoms with Crippen molar-refractivity contribution in [1.82, 2.24) is 4.90 Å². The Bertz CT molecular complexity index is 618. The zero-order valence-corrected chi connectivity index (χ0v) is 13.8. The lowest BCUT2D eigenvalue weighted by molar-refractivity contribution is -0.133. The monoisotopic (exact) mass is 302 g/mol. The second kappa shape index (κ2) is 6.41. The summed E-state index contributed by atoms with van der Waals surface area (Å²) >= 11 is 1.72. The lowest BCUT2D eigenvalue weighted by atomic mass is 10.0. The van der Waals surface area contributed by atoms with E-state index >= 15 is 0 Å². The molecule has 0 aliphatic heterocycles. The zero-order chi connectivity index (χ0) is 15.6. The minimum absolute atomic E-state index is 0.0349. The van der Waals surface area contributed by atoms with Gasteiger partial charge in [0.25, 0.3) is 0 Å². The molecule has 0 bridgehead atoms. The number of aryl methyl sites for hydroxylation is 2. The molecule has 112 valence electrons. The Morgan fingerprint density at radius 1 is 1.14 bits per heavy atom. The largest absolute Gasteiger partial charge is 0.337 e. The van der Waals surface area contributed by atoms with E-state index in [1.165, 1.54) is 9.75 Å². The summed E-state index contributed by atoms with van der Waals surface area (Å²) in [6.07, 6.45) is 0. The summed E-state index contributed by atoms with van der Waals surface area (Å²) in [7, 11) is 1.82. The molecule has 2 aromatic rings. The second-order valence-corrected chi connectivity index (χ2v) is 6.78. The van der Waals surface area contributed by atoms with Gasteiger partial charge >= 0.3 is 0 Å². The third-order valence-corrected chi connectivity index (χ3v) is 4.97. The maximum Gasteiger partial charge on any atom is 0.244 e. The summed E-state index contributed by atoms with van der Waals surface area (Å²) in [4.78, 5) is 16.7. The van der Waals surface area contributed by atoms with E-state index in [0.717, 1.165) is 11.1 Å². The summed E-state index contributed by atoms with van der Waals surface area (Å²) in [5.74, 6) is -0.0580. The van der Waals surface area contributed by atoms with Crippen LogP contribution in [-0.2, 0) is 4.79 Å². The molecule has 0 saturated heterocycles. The number of hydrogen-bond donors (Lipinski definition) is 1. The van der Waals surface area contributed by atoms with Crippen LogP contribution in [0.3, 0.4) is 0 Å². The van der Waals surface area contributed by atoms with E-state index in [1.54, 1.807) is 16.2 Å². The third kappa shape index (κ3) is 3.52. The topological polar surface area (TPSA) is 46.3 Å². The number of amides is 1. The van der Waals surface area contributed by atoms with Crippen LogP contribution in [0.25, 0.3) is 0 Å². The normalized spacial score (nSPS) is 13.8. The number of benzene rings is 1. The predicted molar refractivity (Wildman–Crippen MR) is 88.3 cm³/mol. The molecule has 0 aliphatic rings. The van der Waals surface area contributed by atoms with Gasteiger partial charge in [0.15, 0.2) is 0 Å². The van der Waals surface area contributed by atoms with E-state index in [1.807, 2.05) is 45.2 Å². The highest BCUT2D eigenvalue weighted by molar-refractivity contribution is 7.12. The van der Waals surface area contributed by atoms with Gasteiger partial charge in [0, 0.05) is 16.8 Å². The minimum Gasteiger partial charge on any atom is -0.337 e. The molecule has 0 aliphatic carbocycles. The second-order valence-electron chi connectivity index (χ2n) is 5.46. The van der Waals surface area contributed by atoms with Crippen molar-refractivity contribution in [3.63, 3.8) is 0 Å². The smallest absolute Gasteiger partial charge is 0.244 e. The Morgan fingerprint density at radius 3 is 2.29 bits per heavy atom. The Hall–Kier alpha value is -1.65. The zero-order valence-electron chi connectivity index (χ0n) is 13.0. The van der Waals surface area contributed by atoms with Gasteiger partial charge in [-0.05, 0) is 38.5 Å². The first-order valence-corrected chi connectivity index (χ1v) is 7.87. The van der Waals surface area contributed by atoms with Crippen LogP contribution in [0.4, 0.5) is 0 Å². The number of hydrogen-bond acceptors (Lipinski definition) is 3. The molecule has 0 saturated carbocycles. The predicted octanol–water partition coefficient (Wildman–Crippen LogP) is 3.58. The van der Waals surface area contributed by atoms with Crippen LogP contribution >= 0.6 is 11.3 Å². The van der Waals surface area contributed by atoms with E-state index in [2.05, 4.69) is 19.1 Å². The molecule has 0 radical (unpaired) electrons. The van der Waals surface area contributed by atoms with E-state index in [4.69, 9.17) is 5.73 Å². The molecule has 0 fully saturated rings. The average Bonchev–Trinajstić information content (AvgIpc) is 2.91. The molecule has 4 heteroatoms. The first kappa shape index (κ1) is 15.7. The average molecular weight is 302 g/mol. The number of nitrogens with zero attached hydrogens (tertiary/aromatic N) is 1. The highest BCUT2D eigenvalue weighted by atomic mass is 32.1. The SMILES string of the molecule is Cc1ccc(C(N)C(=O)N(C)C(C)c2ccc(C)s2)cc1. The molecule has 1 amide bonds. The standard InChI is InChI=1S/C17H22N2OS/c1-11-5-8-14(9-6-11)16(18)17(20)19(4)13(3)15-10-7-12(2)21-15/h5-10,13,16H,18H2,1-4H3. The molecule has 1 aromatic heterocycles. The van der Waals surface area contributed by atoms with Crippen LogP contribution < -0.4 is 5.73 Å². The quantitative estimate of drug-likeness (QED) is 0.938. The molecule has 1 heterocycles. The van der Waals surface area contributed by atoms with E-state index in [-0.39, 0.29) is 11.9 Å². The molecular formula is C17H22N2OS. The van der Waals surface area contributed by atoms with Crippen LogP contribution in [0.5, 0.6) is 0 Å². The van der Waals surface area contributed by atoms with Crippen molar-refractivity contribution in [3.05, 3.63) is 57.3 Å². The van der Waals surface area contributed by atoms with Crippen molar-refractivity contribution < 1.29 is 4.79 Å². The molecule has 2 rings (SSSR count). The number of carbonyl (C=O) groups is 1. The van der Waals surface area contributed by atoms with Crippen molar-refractivity contribution in [2.45, 2.75) is 32.9 Å². The summed E-state index contributed by atoms with van der Waals surface area (Å²) in [6.45, 7) is 6.12. The number of thiophene rings is 1. The number of nitrogens with two attached hydrogens (primary N) is 1. The minimum atomic E-state index is -0.612. The fourth-order valence-electron chi connectivity index (χ4n) is 2.20. The number of rotatable bonds is 4. The van der Waals surface area contributed by atoms with Crippen molar-refractivity contribution in [3.8, 4) is 0 Å². The van der Waals surface area contributed by atoms with Gasteiger partial charge in [-0.2, -0.15) is 0 Å². The van der Waals surface area contributed by atoms with Crippen molar-refractivity contribution >= 4 is 17.2 Å². The lowest BCUT2D eigenvalue weighted by Crippen LogP contribution is -2.37. The summed E-state index contributed by atoms with van der Waals surface area (Å²) in [5, 5.41) is 0. The number of carbonyl (C=O) groups excluding carboxylic acids is 1. The Morgan fingerprint density at radius 2 is 1.76 bits per heavy atom. The molecule has 0 spiro atoms. The van der Waals surface area contributed by atoms with Crippen LogP contribution in [0.1, 0.15) is 39.9 Å². The van der Waals surface area contributed by atoms with Crippen molar-refractivity contribution in [1.29, 1.82) is 0 Å². The van der Waals surface area contributed by atoms with Gasteiger partial charge in [-0.3, -0.25) is 4.79 Å². The van der Waals surface area contributed by atoms with Crippen LogP contribution in [0, 0.1) is 13.8 Å². The number of likely N-dealkylation sites (N-methyl/N-ethyl adjacent to an activating group) is 1. The fourth-order valence-corrected chi connectivity index (χ4v) is 3.17. The van der Waals surface area contributed by atoms with Gasteiger partial charge in [0.1, 0.15) is 6.04 Å². The van der Waals surface area contributed by atoms with Gasteiger partial charge in [-0.15, -0.1) is 11.3 Å².